The summed E-state index contributed by atoms with van der Waals surface area (Å²) < 4.78 is 0.889. The number of nitrogens with zero attached hydrogens (tertiary/aromatic N) is 1. The summed E-state index contributed by atoms with van der Waals surface area (Å²) in [6.07, 6.45) is 0.319. The van der Waals surface area contributed by atoms with Crippen LogP contribution < -0.4 is 9.78 Å². The third-order valence-corrected chi connectivity index (χ3v) is 5.70. The third kappa shape index (κ3) is 2.26. The molecule has 114 valence electrons. The number of nitrogens with one attached hydrogen (secondary N) is 1. The zero-order valence-corrected chi connectivity index (χ0v) is 13.6. The molecule has 0 aromatic heterocycles. The van der Waals surface area contributed by atoms with Gasteiger partial charge in [-0.15, -0.1) is 0 Å². The second-order valence-electron chi connectivity index (χ2n) is 5.06. The Labute approximate surface area is 133 Å². The second kappa shape index (κ2) is 5.66. The van der Waals surface area contributed by atoms with Gasteiger partial charge in [0.2, 0.25) is 0 Å². The van der Waals surface area contributed by atoms with Crippen LogP contribution in [-0.2, 0) is 9.59 Å². The minimum atomic E-state index is -0.896. The summed E-state index contributed by atoms with van der Waals surface area (Å²) in [5, 5.41) is 3.11. The predicted octanol–water partition coefficient (Wildman–Crippen LogP) is -0.144. The van der Waals surface area contributed by atoms with Crippen molar-refractivity contribution < 1.29 is 19.2 Å². The van der Waals surface area contributed by atoms with E-state index in [1.165, 1.54) is 0 Å². The molecule has 3 rings (SSSR count). The number of carbonyl (C=O) groups excluding carboxylic acids is 4. The van der Waals surface area contributed by atoms with Crippen LogP contribution in [0.5, 0.6) is 0 Å². The summed E-state index contributed by atoms with van der Waals surface area (Å²) in [4.78, 5) is 49.4. The van der Waals surface area contributed by atoms with Crippen molar-refractivity contribution in [2.75, 3.05) is 0 Å². The quantitative estimate of drug-likeness (QED) is 0.597. The molecule has 4 amide bonds. The molecule has 1 N–H and O–H groups in total. The number of fused-ring (bicyclic) bond motifs is 1. The molecule has 1 aromatic rings. The number of piperidine rings is 1. The van der Waals surface area contributed by atoms with Crippen molar-refractivity contribution >= 4 is 43.0 Å². The third-order valence-electron chi connectivity index (χ3n) is 3.73. The normalized spacial score (nSPS) is 21.1. The molecule has 1 aromatic carbocycles. The summed E-state index contributed by atoms with van der Waals surface area (Å²) in [5.74, 6) is -1.80. The van der Waals surface area contributed by atoms with Gasteiger partial charge in [0.25, 0.3) is 0 Å². The van der Waals surface area contributed by atoms with Crippen LogP contribution in [0.4, 0.5) is 0 Å². The van der Waals surface area contributed by atoms with Gasteiger partial charge in [0, 0.05) is 0 Å². The van der Waals surface area contributed by atoms with Gasteiger partial charge in [-0.2, -0.15) is 0 Å². The van der Waals surface area contributed by atoms with Crippen LogP contribution in [-0.4, -0.2) is 49.5 Å². The first-order valence-electron chi connectivity index (χ1n) is 7.02. The Hall–Kier alpha value is -1.98. The van der Waals surface area contributed by atoms with E-state index in [4.69, 9.17) is 0 Å². The van der Waals surface area contributed by atoms with Crippen molar-refractivity contribution in [2.45, 2.75) is 31.1 Å². The topological polar surface area (TPSA) is 83.6 Å². The summed E-state index contributed by atoms with van der Waals surface area (Å²) in [7, 11) is 0. The Bertz CT molecular complexity index is 701. The van der Waals surface area contributed by atoms with Gasteiger partial charge in [-0.25, -0.2) is 0 Å². The Kier molecular flexibility index (Phi) is 3.85. The molecule has 22 heavy (non-hydrogen) atoms. The fourth-order valence-electron chi connectivity index (χ4n) is 2.76. The molecular formula is C15H14N2O4Se. The number of hydrogen-bond acceptors (Lipinski definition) is 4. The van der Waals surface area contributed by atoms with Crippen LogP contribution in [0.3, 0.4) is 0 Å². The van der Waals surface area contributed by atoms with Gasteiger partial charge in [0.05, 0.1) is 0 Å². The average molecular weight is 365 g/mol. The molecule has 1 saturated heterocycles. The molecule has 1 atom stereocenters. The minimum absolute atomic E-state index is 0.113. The SMILES string of the molecule is CC[Se]c1cccc2c1C(=O)N(C1CCC(=O)NC1=O)C2=O. The molecule has 0 aliphatic carbocycles. The van der Waals surface area contributed by atoms with Crippen LogP contribution in [0.2, 0.25) is 5.32 Å². The van der Waals surface area contributed by atoms with E-state index < -0.39 is 23.8 Å². The molecule has 2 aliphatic heterocycles. The van der Waals surface area contributed by atoms with E-state index in [2.05, 4.69) is 5.32 Å². The van der Waals surface area contributed by atoms with Gasteiger partial charge < -0.3 is 0 Å². The molecule has 1 unspecified atom stereocenters. The van der Waals surface area contributed by atoms with E-state index >= 15 is 0 Å². The van der Waals surface area contributed by atoms with Gasteiger partial charge >= 0.3 is 133 Å². The van der Waals surface area contributed by atoms with E-state index in [1.807, 2.05) is 13.0 Å². The summed E-state index contributed by atoms with van der Waals surface area (Å²) in [6, 6.07) is 4.36. The van der Waals surface area contributed by atoms with Gasteiger partial charge in [-0.05, 0) is 0 Å². The standard InChI is InChI=1S/C15H14N2O4Se/c1-2-22-10-5-3-4-8-12(10)15(21)17(14(8)20)9-6-7-11(18)16-13(9)19/h3-5,9H,2,6-7H2,1H3,(H,16,18,19). The van der Waals surface area contributed by atoms with Crippen molar-refractivity contribution in [1.29, 1.82) is 0 Å². The fourth-order valence-corrected chi connectivity index (χ4v) is 4.50. The molecular weight excluding hydrogens is 351 g/mol. The monoisotopic (exact) mass is 366 g/mol. The number of imide groups is 2. The maximum atomic E-state index is 12.7. The molecule has 7 heteroatoms. The zero-order valence-electron chi connectivity index (χ0n) is 11.9. The number of amides is 4. The number of rotatable bonds is 3. The molecule has 0 saturated carbocycles. The van der Waals surface area contributed by atoms with Crippen molar-refractivity contribution in [2.24, 2.45) is 0 Å². The Morgan fingerprint density at radius 1 is 1.23 bits per heavy atom. The number of benzene rings is 1. The Balaban J connectivity index is 1.98. The van der Waals surface area contributed by atoms with Crippen molar-refractivity contribution in [3.63, 3.8) is 0 Å². The fraction of sp³-hybridized carbons (Fsp3) is 0.333. The van der Waals surface area contributed by atoms with E-state index in [0.717, 1.165) is 14.7 Å². The van der Waals surface area contributed by atoms with Gasteiger partial charge in [0.1, 0.15) is 0 Å². The Morgan fingerprint density at radius 2 is 2.00 bits per heavy atom. The molecule has 1 fully saturated rings. The summed E-state index contributed by atoms with van der Waals surface area (Å²) in [5.41, 5.74) is 0.793. The van der Waals surface area contributed by atoms with Crippen LogP contribution in [0.15, 0.2) is 18.2 Å². The van der Waals surface area contributed by atoms with Crippen molar-refractivity contribution in [1.82, 2.24) is 10.2 Å². The van der Waals surface area contributed by atoms with E-state index in [-0.39, 0.29) is 33.7 Å². The van der Waals surface area contributed by atoms with E-state index in [1.54, 1.807) is 12.1 Å². The first-order valence-corrected chi connectivity index (χ1v) is 9.08. The molecule has 2 aliphatic rings. The van der Waals surface area contributed by atoms with E-state index in [9.17, 15) is 19.2 Å². The summed E-state index contributed by atoms with van der Waals surface area (Å²) >= 11 is 0.113. The Morgan fingerprint density at radius 3 is 2.68 bits per heavy atom. The zero-order chi connectivity index (χ0) is 15.9. The van der Waals surface area contributed by atoms with Crippen LogP contribution >= 0.6 is 0 Å². The first kappa shape index (κ1) is 14.9. The first-order chi connectivity index (χ1) is 10.5. The second-order valence-corrected chi connectivity index (χ2v) is 7.80. The average Bonchev–Trinajstić information content (AvgIpc) is 2.73. The van der Waals surface area contributed by atoms with Crippen LogP contribution in [0.25, 0.3) is 0 Å². The van der Waals surface area contributed by atoms with Gasteiger partial charge in [0.15, 0.2) is 0 Å². The van der Waals surface area contributed by atoms with Crippen LogP contribution in [0.1, 0.15) is 40.5 Å². The van der Waals surface area contributed by atoms with Gasteiger partial charge in [-0.1, -0.05) is 0 Å². The maximum absolute atomic E-state index is 12.7. The van der Waals surface area contributed by atoms with E-state index in [0.29, 0.717) is 11.1 Å². The molecule has 0 spiro atoms. The van der Waals surface area contributed by atoms with Gasteiger partial charge in [-0.3, -0.25) is 0 Å². The molecule has 0 bridgehead atoms. The van der Waals surface area contributed by atoms with Crippen molar-refractivity contribution in [3.05, 3.63) is 29.3 Å². The molecule has 0 radical (unpaired) electrons. The number of hydrogen-bond donors (Lipinski definition) is 1. The van der Waals surface area contributed by atoms with Crippen LogP contribution in [0, 0.1) is 0 Å². The summed E-state index contributed by atoms with van der Waals surface area (Å²) in [6.45, 7) is 2.03. The predicted molar refractivity (Wildman–Crippen MR) is 79.0 cm³/mol. The molecule has 6 nitrogen and oxygen atoms in total. The molecule has 2 heterocycles. The number of carbonyl (C=O) groups is 4. The van der Waals surface area contributed by atoms with Crippen molar-refractivity contribution in [3.8, 4) is 0 Å².